The monoisotopic (exact) mass is 329 g/mol. The van der Waals surface area contributed by atoms with E-state index in [2.05, 4.69) is 16.0 Å². The lowest BCUT2D eigenvalue weighted by molar-refractivity contribution is -0.133. The maximum atomic E-state index is 12.5. The Bertz CT molecular complexity index is 559. The van der Waals surface area contributed by atoms with Crippen LogP contribution >= 0.6 is 0 Å². The van der Waals surface area contributed by atoms with Crippen molar-refractivity contribution < 1.29 is 9.53 Å². The van der Waals surface area contributed by atoms with Crippen LogP contribution in [-0.2, 0) is 16.1 Å². The van der Waals surface area contributed by atoms with Gasteiger partial charge in [0.2, 0.25) is 5.91 Å². The highest BCUT2D eigenvalue weighted by molar-refractivity contribution is 5.76. The SMILES string of the molecule is O=C(C[C@@H]1COC[C@H]2CN(Cc3ccccn3)C[C@@H]12)N1CCCC1. The van der Waals surface area contributed by atoms with Gasteiger partial charge in [-0.25, -0.2) is 0 Å². The topological polar surface area (TPSA) is 45.7 Å². The van der Waals surface area contributed by atoms with Crippen LogP contribution in [0.15, 0.2) is 24.4 Å². The average Bonchev–Trinajstić information content (AvgIpc) is 3.25. The van der Waals surface area contributed by atoms with Crippen molar-refractivity contribution in [2.45, 2.75) is 25.8 Å². The molecule has 3 fully saturated rings. The van der Waals surface area contributed by atoms with E-state index >= 15 is 0 Å². The lowest BCUT2D eigenvalue weighted by atomic mass is 9.81. The van der Waals surface area contributed by atoms with E-state index in [4.69, 9.17) is 4.74 Å². The quantitative estimate of drug-likeness (QED) is 0.845. The molecule has 3 saturated heterocycles. The Hall–Kier alpha value is -1.46. The minimum Gasteiger partial charge on any atom is -0.381 e. The summed E-state index contributed by atoms with van der Waals surface area (Å²) in [6.07, 6.45) is 4.85. The van der Waals surface area contributed by atoms with Gasteiger partial charge in [0.15, 0.2) is 0 Å². The third kappa shape index (κ3) is 3.47. The Balaban J connectivity index is 1.36. The third-order valence-corrected chi connectivity index (χ3v) is 5.84. The molecule has 1 aromatic heterocycles. The van der Waals surface area contributed by atoms with E-state index in [1.807, 2.05) is 23.2 Å². The van der Waals surface area contributed by atoms with Crippen LogP contribution in [0.25, 0.3) is 0 Å². The fourth-order valence-electron chi connectivity index (χ4n) is 4.57. The molecule has 1 amide bonds. The highest BCUT2D eigenvalue weighted by Crippen LogP contribution is 2.36. The van der Waals surface area contributed by atoms with Crippen LogP contribution in [0.3, 0.4) is 0 Å². The van der Waals surface area contributed by atoms with Crippen molar-refractivity contribution in [3.8, 4) is 0 Å². The number of fused-ring (bicyclic) bond motifs is 1. The molecule has 0 saturated carbocycles. The minimum absolute atomic E-state index is 0.338. The summed E-state index contributed by atoms with van der Waals surface area (Å²) >= 11 is 0. The van der Waals surface area contributed by atoms with Gasteiger partial charge in [-0.15, -0.1) is 0 Å². The van der Waals surface area contributed by atoms with Gasteiger partial charge in [0.25, 0.3) is 0 Å². The van der Waals surface area contributed by atoms with Crippen molar-refractivity contribution in [3.05, 3.63) is 30.1 Å². The summed E-state index contributed by atoms with van der Waals surface area (Å²) in [4.78, 5) is 21.5. The molecule has 3 atom stereocenters. The fraction of sp³-hybridized carbons (Fsp3) is 0.684. The second-order valence-electron chi connectivity index (χ2n) is 7.53. The minimum atomic E-state index is 0.338. The highest BCUT2D eigenvalue weighted by atomic mass is 16.5. The molecule has 0 aromatic carbocycles. The zero-order valence-electron chi connectivity index (χ0n) is 14.3. The van der Waals surface area contributed by atoms with E-state index in [9.17, 15) is 4.79 Å². The normalized spacial score (nSPS) is 30.5. The Morgan fingerprint density at radius 2 is 2.08 bits per heavy atom. The summed E-state index contributed by atoms with van der Waals surface area (Å²) in [6, 6.07) is 6.10. The molecule has 0 radical (unpaired) electrons. The summed E-state index contributed by atoms with van der Waals surface area (Å²) < 4.78 is 5.85. The van der Waals surface area contributed by atoms with Crippen molar-refractivity contribution in [1.82, 2.24) is 14.8 Å². The molecule has 3 aliphatic rings. The number of nitrogens with zero attached hydrogens (tertiary/aromatic N) is 3. The van der Waals surface area contributed by atoms with E-state index in [1.165, 1.54) is 0 Å². The summed E-state index contributed by atoms with van der Waals surface area (Å²) in [6.45, 7) is 6.54. The van der Waals surface area contributed by atoms with Crippen LogP contribution in [0.1, 0.15) is 25.0 Å². The van der Waals surface area contributed by atoms with Gasteiger partial charge in [-0.3, -0.25) is 14.7 Å². The second-order valence-corrected chi connectivity index (χ2v) is 7.53. The first kappa shape index (κ1) is 16.0. The number of hydrogen-bond acceptors (Lipinski definition) is 4. The summed E-state index contributed by atoms with van der Waals surface area (Å²) in [5, 5.41) is 0. The van der Waals surface area contributed by atoms with Crippen LogP contribution in [-0.4, -0.2) is 60.1 Å². The number of carbonyl (C=O) groups is 1. The Kier molecular flexibility index (Phi) is 4.81. The Morgan fingerprint density at radius 1 is 1.21 bits per heavy atom. The van der Waals surface area contributed by atoms with Crippen molar-refractivity contribution in [3.63, 3.8) is 0 Å². The first-order valence-corrected chi connectivity index (χ1v) is 9.27. The molecular formula is C19H27N3O2. The average molecular weight is 329 g/mol. The lowest BCUT2D eigenvalue weighted by Gasteiger charge is -2.33. The number of rotatable bonds is 4. The number of carbonyl (C=O) groups excluding carboxylic acids is 1. The van der Waals surface area contributed by atoms with E-state index < -0.39 is 0 Å². The van der Waals surface area contributed by atoms with Gasteiger partial charge < -0.3 is 9.64 Å². The number of amides is 1. The van der Waals surface area contributed by atoms with E-state index in [-0.39, 0.29) is 0 Å². The van der Waals surface area contributed by atoms with E-state index in [0.717, 1.165) is 64.5 Å². The molecular weight excluding hydrogens is 302 g/mol. The first-order chi connectivity index (χ1) is 11.8. The number of pyridine rings is 1. The van der Waals surface area contributed by atoms with Gasteiger partial charge in [0, 0.05) is 45.3 Å². The molecule has 4 rings (SSSR count). The Labute approximate surface area is 144 Å². The molecule has 3 aliphatic heterocycles. The predicted molar refractivity (Wildman–Crippen MR) is 91.2 cm³/mol. The molecule has 0 spiro atoms. The summed E-state index contributed by atoms with van der Waals surface area (Å²) in [5.74, 6) is 1.88. The molecule has 0 unspecified atom stereocenters. The van der Waals surface area contributed by atoms with Gasteiger partial charge in [0.05, 0.1) is 18.9 Å². The van der Waals surface area contributed by atoms with Crippen LogP contribution < -0.4 is 0 Å². The smallest absolute Gasteiger partial charge is 0.222 e. The maximum absolute atomic E-state index is 12.5. The summed E-state index contributed by atoms with van der Waals surface area (Å²) in [7, 11) is 0. The molecule has 0 bridgehead atoms. The summed E-state index contributed by atoms with van der Waals surface area (Å²) in [5.41, 5.74) is 1.13. The van der Waals surface area contributed by atoms with Gasteiger partial charge in [-0.1, -0.05) is 6.07 Å². The molecule has 0 aliphatic carbocycles. The highest BCUT2D eigenvalue weighted by Gasteiger charge is 2.42. The van der Waals surface area contributed by atoms with Crippen molar-refractivity contribution >= 4 is 5.91 Å². The van der Waals surface area contributed by atoms with Crippen molar-refractivity contribution in [1.29, 1.82) is 0 Å². The fourth-order valence-corrected chi connectivity index (χ4v) is 4.57. The zero-order chi connectivity index (χ0) is 16.4. The molecule has 24 heavy (non-hydrogen) atoms. The van der Waals surface area contributed by atoms with Gasteiger partial charge in [-0.2, -0.15) is 0 Å². The van der Waals surface area contributed by atoms with Crippen molar-refractivity contribution in [2.75, 3.05) is 39.4 Å². The standard InChI is InChI=1S/C19H27N3O2/c23-19(22-7-3-4-8-22)9-15-13-24-14-16-10-21(12-18(15)16)11-17-5-1-2-6-20-17/h1-2,5-6,15-16,18H,3-4,7-14H2/t15-,16-,18+/m1/s1. The number of aromatic nitrogens is 1. The van der Waals surface area contributed by atoms with Crippen molar-refractivity contribution in [2.24, 2.45) is 17.8 Å². The molecule has 1 aromatic rings. The lowest BCUT2D eigenvalue weighted by Crippen LogP contribution is -2.39. The second kappa shape index (κ2) is 7.19. The Morgan fingerprint density at radius 3 is 2.88 bits per heavy atom. The third-order valence-electron chi connectivity index (χ3n) is 5.84. The molecule has 5 nitrogen and oxygen atoms in total. The molecule has 5 heteroatoms. The van der Waals surface area contributed by atoms with Crippen LogP contribution in [0, 0.1) is 17.8 Å². The first-order valence-electron chi connectivity index (χ1n) is 9.27. The molecule has 130 valence electrons. The largest absolute Gasteiger partial charge is 0.381 e. The van der Waals surface area contributed by atoms with Gasteiger partial charge in [-0.05, 0) is 42.7 Å². The molecule has 0 N–H and O–H groups in total. The zero-order valence-corrected chi connectivity index (χ0v) is 14.3. The van der Waals surface area contributed by atoms with Crippen LogP contribution in [0.4, 0.5) is 0 Å². The van der Waals surface area contributed by atoms with E-state index in [1.54, 1.807) is 0 Å². The number of likely N-dealkylation sites (tertiary alicyclic amines) is 2. The number of ether oxygens (including phenoxy) is 1. The number of hydrogen-bond donors (Lipinski definition) is 0. The van der Waals surface area contributed by atoms with Crippen LogP contribution in [0.5, 0.6) is 0 Å². The van der Waals surface area contributed by atoms with Gasteiger partial charge in [0.1, 0.15) is 0 Å². The van der Waals surface area contributed by atoms with Gasteiger partial charge >= 0.3 is 0 Å². The molecule has 4 heterocycles. The van der Waals surface area contributed by atoms with Crippen LogP contribution in [0.2, 0.25) is 0 Å². The maximum Gasteiger partial charge on any atom is 0.222 e. The predicted octanol–water partition coefficient (Wildman–Crippen LogP) is 1.79. The van der Waals surface area contributed by atoms with E-state index in [0.29, 0.717) is 30.1 Å².